The first-order valence-corrected chi connectivity index (χ1v) is 3.33. The van der Waals surface area contributed by atoms with E-state index in [1.807, 2.05) is 6.92 Å². The van der Waals surface area contributed by atoms with E-state index in [4.69, 9.17) is 0 Å². The molecule has 0 saturated carbocycles. The van der Waals surface area contributed by atoms with E-state index in [-0.39, 0.29) is 5.91 Å². The standard InChI is InChI=1S/C7H13NO2/c1-4-8(3)7(10)6(2)5-9/h5-6H,4H2,1-3H3. The number of nitrogens with zero attached hydrogens (tertiary/aromatic N) is 1. The second kappa shape index (κ2) is 4.04. The molecule has 1 amide bonds. The lowest BCUT2D eigenvalue weighted by molar-refractivity contribution is -0.135. The van der Waals surface area contributed by atoms with E-state index >= 15 is 0 Å². The number of hydrogen-bond donors (Lipinski definition) is 0. The molecule has 0 aromatic rings. The zero-order valence-corrected chi connectivity index (χ0v) is 6.63. The highest BCUT2D eigenvalue weighted by Crippen LogP contribution is 1.95. The van der Waals surface area contributed by atoms with E-state index in [0.717, 1.165) is 0 Å². The van der Waals surface area contributed by atoms with Crippen molar-refractivity contribution in [3.63, 3.8) is 0 Å². The molecule has 3 nitrogen and oxygen atoms in total. The molecule has 0 bridgehead atoms. The van der Waals surface area contributed by atoms with Crippen LogP contribution in [0, 0.1) is 5.92 Å². The number of aldehydes is 1. The van der Waals surface area contributed by atoms with E-state index in [0.29, 0.717) is 12.8 Å². The fraction of sp³-hybridized carbons (Fsp3) is 0.714. The van der Waals surface area contributed by atoms with Gasteiger partial charge in [-0.2, -0.15) is 0 Å². The molecule has 0 aromatic carbocycles. The Kier molecular flexibility index (Phi) is 3.69. The Balaban J connectivity index is 3.93. The molecule has 1 atom stereocenters. The van der Waals surface area contributed by atoms with Crippen LogP contribution >= 0.6 is 0 Å². The number of carbonyl (C=O) groups excluding carboxylic acids is 2. The van der Waals surface area contributed by atoms with Crippen LogP contribution in [0.15, 0.2) is 0 Å². The smallest absolute Gasteiger partial charge is 0.232 e. The predicted molar refractivity (Wildman–Crippen MR) is 38.5 cm³/mol. The Bertz CT molecular complexity index is 134. The van der Waals surface area contributed by atoms with Gasteiger partial charge < -0.3 is 9.69 Å². The third-order valence-corrected chi connectivity index (χ3v) is 1.44. The van der Waals surface area contributed by atoms with Crippen molar-refractivity contribution in [2.75, 3.05) is 13.6 Å². The number of amides is 1. The van der Waals surface area contributed by atoms with Gasteiger partial charge in [0.2, 0.25) is 5.91 Å². The average molecular weight is 143 g/mol. The molecule has 58 valence electrons. The van der Waals surface area contributed by atoms with Crippen molar-refractivity contribution in [3.05, 3.63) is 0 Å². The quantitative estimate of drug-likeness (QED) is 0.421. The summed E-state index contributed by atoms with van der Waals surface area (Å²) in [6, 6.07) is 0. The highest BCUT2D eigenvalue weighted by atomic mass is 16.2. The zero-order valence-electron chi connectivity index (χ0n) is 6.63. The maximum atomic E-state index is 11.0. The molecule has 0 rings (SSSR count). The summed E-state index contributed by atoms with van der Waals surface area (Å²) in [5.74, 6) is -0.609. The van der Waals surface area contributed by atoms with Crippen LogP contribution < -0.4 is 0 Å². The molecule has 0 fully saturated rings. The van der Waals surface area contributed by atoms with Crippen LogP contribution in [0.5, 0.6) is 0 Å². The maximum absolute atomic E-state index is 11.0. The fourth-order valence-electron chi connectivity index (χ4n) is 0.562. The van der Waals surface area contributed by atoms with E-state index in [1.54, 1.807) is 14.0 Å². The van der Waals surface area contributed by atoms with Gasteiger partial charge in [0.1, 0.15) is 6.29 Å². The van der Waals surface area contributed by atoms with Gasteiger partial charge in [-0.25, -0.2) is 0 Å². The topological polar surface area (TPSA) is 37.4 Å². The molecule has 1 unspecified atom stereocenters. The average Bonchev–Trinajstić information content (AvgIpc) is 2.00. The number of carbonyl (C=O) groups is 2. The van der Waals surface area contributed by atoms with Gasteiger partial charge in [-0.1, -0.05) is 0 Å². The van der Waals surface area contributed by atoms with Crippen molar-refractivity contribution < 1.29 is 9.59 Å². The van der Waals surface area contributed by atoms with Crippen molar-refractivity contribution in [2.45, 2.75) is 13.8 Å². The molecule has 0 aliphatic heterocycles. The van der Waals surface area contributed by atoms with E-state index < -0.39 is 5.92 Å². The summed E-state index contributed by atoms with van der Waals surface area (Å²) >= 11 is 0. The first-order chi connectivity index (χ1) is 4.63. The van der Waals surface area contributed by atoms with Gasteiger partial charge in [0.05, 0.1) is 5.92 Å². The molecule has 0 saturated heterocycles. The lowest BCUT2D eigenvalue weighted by Gasteiger charge is -2.15. The summed E-state index contributed by atoms with van der Waals surface area (Å²) in [4.78, 5) is 22.6. The van der Waals surface area contributed by atoms with Crippen molar-refractivity contribution in [3.8, 4) is 0 Å². The van der Waals surface area contributed by atoms with Crippen molar-refractivity contribution in [2.24, 2.45) is 5.92 Å². The van der Waals surface area contributed by atoms with Crippen LogP contribution in [0.1, 0.15) is 13.8 Å². The summed E-state index contributed by atoms with van der Waals surface area (Å²) in [6.07, 6.45) is 0.661. The summed E-state index contributed by atoms with van der Waals surface area (Å²) in [5.41, 5.74) is 0. The first-order valence-electron chi connectivity index (χ1n) is 3.33. The van der Waals surface area contributed by atoms with Crippen LogP contribution in [0.2, 0.25) is 0 Å². The van der Waals surface area contributed by atoms with Crippen LogP contribution in [-0.2, 0) is 9.59 Å². The van der Waals surface area contributed by atoms with Crippen LogP contribution in [0.25, 0.3) is 0 Å². The Morgan fingerprint density at radius 1 is 1.70 bits per heavy atom. The second-order valence-electron chi connectivity index (χ2n) is 2.28. The molecule has 0 aliphatic rings. The summed E-state index contributed by atoms with van der Waals surface area (Å²) in [5, 5.41) is 0. The zero-order chi connectivity index (χ0) is 8.15. The van der Waals surface area contributed by atoms with Gasteiger partial charge in [0, 0.05) is 13.6 Å². The number of rotatable bonds is 3. The van der Waals surface area contributed by atoms with E-state index in [1.165, 1.54) is 4.90 Å². The minimum Gasteiger partial charge on any atom is -0.345 e. The molecular weight excluding hydrogens is 130 g/mol. The maximum Gasteiger partial charge on any atom is 0.232 e. The van der Waals surface area contributed by atoms with Gasteiger partial charge >= 0.3 is 0 Å². The van der Waals surface area contributed by atoms with E-state index in [2.05, 4.69) is 0 Å². The van der Waals surface area contributed by atoms with Crippen molar-refractivity contribution in [1.29, 1.82) is 0 Å². The number of hydrogen-bond acceptors (Lipinski definition) is 2. The predicted octanol–water partition coefficient (Wildman–Crippen LogP) is 0.300. The fourth-order valence-corrected chi connectivity index (χ4v) is 0.562. The van der Waals surface area contributed by atoms with Crippen LogP contribution in [0.3, 0.4) is 0 Å². The summed E-state index contributed by atoms with van der Waals surface area (Å²) in [7, 11) is 1.68. The molecule has 0 heterocycles. The molecule has 0 aromatic heterocycles. The van der Waals surface area contributed by atoms with E-state index in [9.17, 15) is 9.59 Å². The van der Waals surface area contributed by atoms with Crippen LogP contribution in [-0.4, -0.2) is 30.7 Å². The highest BCUT2D eigenvalue weighted by molar-refractivity contribution is 5.90. The van der Waals surface area contributed by atoms with Crippen LogP contribution in [0.4, 0.5) is 0 Å². The Morgan fingerprint density at radius 2 is 2.20 bits per heavy atom. The van der Waals surface area contributed by atoms with Crippen molar-refractivity contribution in [1.82, 2.24) is 4.90 Å². The van der Waals surface area contributed by atoms with Gasteiger partial charge in [-0.3, -0.25) is 4.79 Å². The lowest BCUT2D eigenvalue weighted by Crippen LogP contribution is -2.31. The Labute approximate surface area is 61.0 Å². The van der Waals surface area contributed by atoms with Crippen molar-refractivity contribution >= 4 is 12.2 Å². The third kappa shape index (κ3) is 2.17. The first kappa shape index (κ1) is 9.14. The molecule has 0 spiro atoms. The SMILES string of the molecule is CCN(C)C(=O)C(C)C=O. The highest BCUT2D eigenvalue weighted by Gasteiger charge is 2.14. The third-order valence-electron chi connectivity index (χ3n) is 1.44. The monoisotopic (exact) mass is 143 g/mol. The molecule has 10 heavy (non-hydrogen) atoms. The van der Waals surface area contributed by atoms with Gasteiger partial charge in [0.15, 0.2) is 0 Å². The van der Waals surface area contributed by atoms with Gasteiger partial charge in [-0.05, 0) is 13.8 Å². The molecule has 3 heteroatoms. The molecule has 0 radical (unpaired) electrons. The van der Waals surface area contributed by atoms with Gasteiger partial charge in [0.25, 0.3) is 0 Å². The second-order valence-corrected chi connectivity index (χ2v) is 2.28. The summed E-state index contributed by atoms with van der Waals surface area (Å²) in [6.45, 7) is 4.12. The minimum absolute atomic E-state index is 0.113. The lowest BCUT2D eigenvalue weighted by atomic mass is 10.2. The summed E-state index contributed by atoms with van der Waals surface area (Å²) < 4.78 is 0. The molecule has 0 N–H and O–H groups in total. The van der Waals surface area contributed by atoms with Gasteiger partial charge in [-0.15, -0.1) is 0 Å². The Morgan fingerprint density at radius 3 is 2.50 bits per heavy atom. The largest absolute Gasteiger partial charge is 0.345 e. The molecule has 0 aliphatic carbocycles. The molecular formula is C7H13NO2. The Hall–Kier alpha value is -0.860. The normalized spacial score (nSPS) is 12.3. The minimum atomic E-state index is -0.495.